The van der Waals surface area contributed by atoms with E-state index in [0.29, 0.717) is 32.1 Å². The number of hydrogen-bond donors (Lipinski definition) is 0. The van der Waals surface area contributed by atoms with Gasteiger partial charge in [-0.25, -0.2) is 8.42 Å². The molecule has 1 amide bonds. The van der Waals surface area contributed by atoms with E-state index in [0.717, 1.165) is 32.5 Å². The van der Waals surface area contributed by atoms with E-state index in [4.69, 9.17) is 4.74 Å². The molecule has 1 aromatic rings. The van der Waals surface area contributed by atoms with E-state index in [1.165, 1.54) is 27.2 Å². The van der Waals surface area contributed by atoms with Gasteiger partial charge < -0.3 is 14.2 Å². The molecule has 2 atom stereocenters. The third-order valence-corrected chi connectivity index (χ3v) is 8.62. The number of carbonyl (C=O) groups is 1. The van der Waals surface area contributed by atoms with Gasteiger partial charge in [-0.05, 0) is 38.7 Å². The smallest absolute Gasteiger partial charge is 0.251 e. The molecule has 1 aromatic heterocycles. The van der Waals surface area contributed by atoms with Gasteiger partial charge in [-0.15, -0.1) is 0 Å². The first-order chi connectivity index (χ1) is 15.6. The Morgan fingerprint density at radius 1 is 1.09 bits per heavy atom. The van der Waals surface area contributed by atoms with E-state index >= 15 is 0 Å². The number of hydrogen-bond acceptors (Lipinski definition) is 6. The van der Waals surface area contributed by atoms with Crippen LogP contribution in [0.2, 0.25) is 0 Å². The Morgan fingerprint density at radius 2 is 1.70 bits per heavy atom. The number of ether oxygens (including phenoxy) is 1. The zero-order valence-electron chi connectivity index (χ0n) is 20.3. The van der Waals surface area contributed by atoms with Crippen LogP contribution in [0.4, 0.5) is 0 Å². The second-order valence-electron chi connectivity index (χ2n) is 9.22. The lowest BCUT2D eigenvalue weighted by Crippen LogP contribution is -2.49. The molecule has 0 spiro atoms. The first-order valence-electron chi connectivity index (χ1n) is 12.0. The number of sulfonamides is 1. The van der Waals surface area contributed by atoms with Crippen LogP contribution in [0.1, 0.15) is 40.5 Å². The summed E-state index contributed by atoms with van der Waals surface area (Å²) in [4.78, 5) is 29.5. The third-order valence-electron chi connectivity index (χ3n) is 6.58. The first-order valence-corrected chi connectivity index (χ1v) is 13.4. The third kappa shape index (κ3) is 6.44. The summed E-state index contributed by atoms with van der Waals surface area (Å²) in [5, 5.41) is 0. The average molecular weight is 483 g/mol. The topological polar surface area (TPSA) is 92.2 Å². The Bertz CT molecular complexity index is 957. The van der Waals surface area contributed by atoms with Crippen molar-refractivity contribution in [2.24, 2.45) is 5.92 Å². The Kier molecular flexibility index (Phi) is 8.71. The van der Waals surface area contributed by atoms with Gasteiger partial charge in [0.1, 0.15) is 6.54 Å². The number of aromatic nitrogens is 1. The van der Waals surface area contributed by atoms with Crippen LogP contribution in [0.3, 0.4) is 0 Å². The predicted octanol–water partition coefficient (Wildman–Crippen LogP) is 1.23. The Labute approximate surface area is 197 Å². The molecular weight excluding hydrogens is 444 g/mol. The maximum absolute atomic E-state index is 12.9. The molecule has 3 heterocycles. The molecule has 0 bridgehead atoms. The summed E-state index contributed by atoms with van der Waals surface area (Å²) < 4.78 is 33.9. The van der Waals surface area contributed by atoms with Gasteiger partial charge >= 0.3 is 0 Å². The van der Waals surface area contributed by atoms with Crippen molar-refractivity contribution >= 4 is 15.9 Å². The fourth-order valence-electron chi connectivity index (χ4n) is 4.91. The zero-order chi connectivity index (χ0) is 24.2. The van der Waals surface area contributed by atoms with Crippen molar-refractivity contribution < 1.29 is 17.9 Å². The molecule has 9 nitrogen and oxygen atoms in total. The van der Waals surface area contributed by atoms with Crippen LogP contribution in [0, 0.1) is 5.92 Å². The number of nitrogens with zero attached hydrogens (tertiary/aromatic N) is 4. The second kappa shape index (κ2) is 11.1. The highest BCUT2D eigenvalue weighted by atomic mass is 32.2. The molecule has 33 heavy (non-hydrogen) atoms. The van der Waals surface area contributed by atoms with Crippen LogP contribution in [-0.2, 0) is 26.1 Å². The number of pyridine rings is 1. The van der Waals surface area contributed by atoms with Gasteiger partial charge in [0.2, 0.25) is 15.9 Å². The highest BCUT2D eigenvalue weighted by Crippen LogP contribution is 2.21. The minimum atomic E-state index is -3.70. The summed E-state index contributed by atoms with van der Waals surface area (Å²) in [6.45, 7) is 12.5. The predicted molar refractivity (Wildman–Crippen MR) is 127 cm³/mol. The number of piperidine rings is 1. The van der Waals surface area contributed by atoms with Crippen LogP contribution < -0.4 is 5.56 Å². The molecule has 3 rings (SSSR count). The van der Waals surface area contributed by atoms with Crippen molar-refractivity contribution in [3.8, 4) is 0 Å². The molecule has 2 saturated heterocycles. The standard InChI is InChI=1S/C23H38N4O5S/c1-5-27(6-2)33(30,31)21-7-8-22(28)26(16-21)17-23(29)25-11-9-20(10-12-25)15-24-13-18(3)32-19(4)14-24/h7-8,16,18-20H,5-6,9-15,17H2,1-4H3. The largest absolute Gasteiger partial charge is 0.373 e. The average Bonchev–Trinajstić information content (AvgIpc) is 2.75. The minimum Gasteiger partial charge on any atom is -0.373 e. The van der Waals surface area contributed by atoms with E-state index in [2.05, 4.69) is 18.7 Å². The van der Waals surface area contributed by atoms with Gasteiger partial charge in [0.25, 0.3) is 5.56 Å². The number of rotatable bonds is 8. The summed E-state index contributed by atoms with van der Waals surface area (Å²) in [6, 6.07) is 2.54. The normalized spacial score (nSPS) is 23.2. The molecule has 0 aliphatic carbocycles. The maximum atomic E-state index is 12.9. The highest BCUT2D eigenvalue weighted by Gasteiger charge is 2.28. The molecule has 2 aliphatic rings. The van der Waals surface area contributed by atoms with Crippen molar-refractivity contribution in [3.05, 3.63) is 28.7 Å². The van der Waals surface area contributed by atoms with E-state index in [9.17, 15) is 18.0 Å². The van der Waals surface area contributed by atoms with Gasteiger partial charge in [0.05, 0.1) is 17.1 Å². The summed E-state index contributed by atoms with van der Waals surface area (Å²) in [7, 11) is -3.70. The minimum absolute atomic E-state index is 0.0336. The molecule has 0 saturated carbocycles. The lowest BCUT2D eigenvalue weighted by atomic mass is 9.95. The van der Waals surface area contributed by atoms with Crippen molar-refractivity contribution in [2.45, 2.75) is 64.2 Å². The lowest BCUT2D eigenvalue weighted by molar-refractivity contribution is -0.133. The monoisotopic (exact) mass is 482 g/mol. The van der Waals surface area contributed by atoms with Gasteiger partial charge in [-0.2, -0.15) is 4.31 Å². The van der Waals surface area contributed by atoms with Gasteiger partial charge in [0.15, 0.2) is 0 Å². The van der Waals surface area contributed by atoms with Crippen molar-refractivity contribution in [2.75, 3.05) is 45.8 Å². The van der Waals surface area contributed by atoms with Crippen LogP contribution in [0.25, 0.3) is 0 Å². The maximum Gasteiger partial charge on any atom is 0.251 e. The number of morpholine rings is 1. The molecule has 2 fully saturated rings. The first kappa shape index (κ1) is 25.9. The van der Waals surface area contributed by atoms with Gasteiger partial charge in [-0.3, -0.25) is 14.5 Å². The summed E-state index contributed by atoms with van der Waals surface area (Å²) >= 11 is 0. The Morgan fingerprint density at radius 3 is 2.27 bits per heavy atom. The van der Waals surface area contributed by atoms with Crippen molar-refractivity contribution in [1.29, 1.82) is 0 Å². The highest BCUT2D eigenvalue weighted by molar-refractivity contribution is 7.89. The lowest BCUT2D eigenvalue weighted by Gasteiger charge is -2.39. The molecule has 10 heteroatoms. The Hall–Kier alpha value is -1.75. The number of carbonyl (C=O) groups excluding carboxylic acids is 1. The van der Waals surface area contributed by atoms with E-state index in [1.54, 1.807) is 18.7 Å². The molecule has 0 N–H and O–H groups in total. The summed E-state index contributed by atoms with van der Waals surface area (Å²) in [5.41, 5.74) is -0.382. The van der Waals surface area contributed by atoms with E-state index < -0.39 is 10.0 Å². The quantitative estimate of drug-likeness (QED) is 0.553. The SMILES string of the molecule is CCN(CC)S(=O)(=O)c1ccc(=O)n(CC(=O)N2CCC(CN3CC(C)OC(C)C3)CC2)c1. The second-order valence-corrected chi connectivity index (χ2v) is 11.2. The molecule has 186 valence electrons. The van der Waals surface area contributed by atoms with E-state index in [-0.39, 0.29) is 35.1 Å². The summed E-state index contributed by atoms with van der Waals surface area (Å²) in [6.07, 6.45) is 3.64. The van der Waals surface area contributed by atoms with Crippen LogP contribution in [-0.4, -0.2) is 91.0 Å². The molecule has 0 radical (unpaired) electrons. The molecule has 0 aromatic carbocycles. The molecule has 2 unspecified atom stereocenters. The Balaban J connectivity index is 1.58. The van der Waals surface area contributed by atoms with Gasteiger partial charge in [0, 0.05) is 58.1 Å². The van der Waals surface area contributed by atoms with Crippen LogP contribution >= 0.6 is 0 Å². The van der Waals surface area contributed by atoms with Crippen LogP contribution in [0.15, 0.2) is 28.0 Å². The van der Waals surface area contributed by atoms with Crippen molar-refractivity contribution in [3.63, 3.8) is 0 Å². The van der Waals surface area contributed by atoms with Gasteiger partial charge in [-0.1, -0.05) is 13.8 Å². The fraction of sp³-hybridized carbons (Fsp3) is 0.739. The van der Waals surface area contributed by atoms with E-state index in [1.807, 2.05) is 0 Å². The molecular formula is C23H38N4O5S. The summed E-state index contributed by atoms with van der Waals surface area (Å²) in [5.74, 6) is 0.387. The number of amides is 1. The number of likely N-dealkylation sites (tertiary alicyclic amines) is 1. The van der Waals surface area contributed by atoms with Crippen molar-refractivity contribution in [1.82, 2.24) is 18.7 Å². The fourth-order valence-corrected chi connectivity index (χ4v) is 6.39. The molecule has 2 aliphatic heterocycles. The van der Waals surface area contributed by atoms with Crippen LogP contribution in [0.5, 0.6) is 0 Å². The zero-order valence-corrected chi connectivity index (χ0v) is 21.1.